The molecule has 158 valence electrons. The monoisotopic (exact) mass is 418 g/mol. The van der Waals surface area contributed by atoms with E-state index in [0.717, 1.165) is 6.08 Å². The molecule has 3 aromatic rings. The van der Waals surface area contributed by atoms with Gasteiger partial charge in [0, 0.05) is 17.5 Å². The first kappa shape index (κ1) is 21.4. The lowest BCUT2D eigenvalue weighted by Gasteiger charge is -2.13. The van der Waals surface area contributed by atoms with Gasteiger partial charge in [0.1, 0.15) is 0 Å². The molecule has 0 saturated carbocycles. The number of para-hydroxylation sites is 1. The molecular weight excluding hydrogens is 396 g/mol. The molecule has 0 aliphatic rings. The van der Waals surface area contributed by atoms with Gasteiger partial charge in [0.15, 0.2) is 11.5 Å². The summed E-state index contributed by atoms with van der Waals surface area (Å²) in [7, 11) is 3.05. The molecule has 2 amide bonds. The van der Waals surface area contributed by atoms with Crippen molar-refractivity contribution < 1.29 is 24.2 Å². The van der Waals surface area contributed by atoms with Crippen LogP contribution in [0.15, 0.2) is 78.9 Å². The quantitative estimate of drug-likeness (QED) is 0.476. The molecule has 7 heteroatoms. The summed E-state index contributed by atoms with van der Waals surface area (Å²) in [4.78, 5) is 23.6. The summed E-state index contributed by atoms with van der Waals surface area (Å²) in [5.74, 6) is -0.0358. The highest BCUT2D eigenvalue weighted by atomic mass is 16.5. The summed E-state index contributed by atoms with van der Waals surface area (Å²) >= 11 is 0. The third-order valence-electron chi connectivity index (χ3n) is 4.45. The number of carbonyl (C=O) groups excluding carboxylic acids is 1. The molecule has 0 saturated heterocycles. The molecule has 31 heavy (non-hydrogen) atoms. The van der Waals surface area contributed by atoms with Gasteiger partial charge in [0.25, 0.3) is 0 Å². The maximum Gasteiger partial charge on any atom is 0.328 e. The standard InChI is InChI=1S/C24H22N2O5/c1-30-21-13-10-17(14-22(21)31-2)20(15-23(27)28)16-8-11-19(12-9-16)26-24(29)25-18-6-4-3-5-7-18/h3-15H,1-2H3,(H,27,28)(H2,25,26,29)/b20-15+. The van der Waals surface area contributed by atoms with Crippen LogP contribution in [0.2, 0.25) is 0 Å². The third kappa shape index (κ3) is 5.63. The second kappa shape index (κ2) is 9.98. The summed E-state index contributed by atoms with van der Waals surface area (Å²) in [6.07, 6.45) is 1.13. The van der Waals surface area contributed by atoms with Crippen LogP contribution in [0.3, 0.4) is 0 Å². The number of rotatable bonds is 7. The van der Waals surface area contributed by atoms with Gasteiger partial charge in [-0.15, -0.1) is 0 Å². The molecule has 0 aliphatic heterocycles. The molecule has 3 rings (SSSR count). The fourth-order valence-electron chi connectivity index (χ4n) is 3.01. The Labute approximate surface area is 179 Å². The first-order valence-corrected chi connectivity index (χ1v) is 9.40. The summed E-state index contributed by atoms with van der Waals surface area (Å²) in [5, 5.41) is 14.8. The topological polar surface area (TPSA) is 96.9 Å². The number of amides is 2. The van der Waals surface area contributed by atoms with Crippen LogP contribution in [0.25, 0.3) is 5.57 Å². The minimum atomic E-state index is -1.07. The largest absolute Gasteiger partial charge is 0.493 e. The number of urea groups is 1. The van der Waals surface area contributed by atoms with E-state index in [4.69, 9.17) is 9.47 Å². The summed E-state index contributed by atoms with van der Waals surface area (Å²) < 4.78 is 10.6. The van der Waals surface area contributed by atoms with Gasteiger partial charge < -0.3 is 25.2 Å². The zero-order valence-corrected chi connectivity index (χ0v) is 17.1. The van der Waals surface area contributed by atoms with Gasteiger partial charge >= 0.3 is 12.0 Å². The van der Waals surface area contributed by atoms with Crippen LogP contribution in [0.1, 0.15) is 11.1 Å². The van der Waals surface area contributed by atoms with Crippen LogP contribution in [-0.4, -0.2) is 31.3 Å². The lowest BCUT2D eigenvalue weighted by molar-refractivity contribution is -0.131. The Morgan fingerprint density at radius 2 is 1.35 bits per heavy atom. The minimum absolute atomic E-state index is 0.375. The van der Waals surface area contributed by atoms with Gasteiger partial charge in [-0.2, -0.15) is 0 Å². The van der Waals surface area contributed by atoms with E-state index in [-0.39, 0.29) is 6.03 Å². The normalized spacial score (nSPS) is 10.8. The zero-order chi connectivity index (χ0) is 22.2. The van der Waals surface area contributed by atoms with Crippen molar-refractivity contribution in [3.8, 4) is 11.5 Å². The van der Waals surface area contributed by atoms with Crippen LogP contribution in [0.5, 0.6) is 11.5 Å². The highest BCUT2D eigenvalue weighted by Crippen LogP contribution is 2.33. The summed E-state index contributed by atoms with van der Waals surface area (Å²) in [6, 6.07) is 20.8. The van der Waals surface area contributed by atoms with E-state index in [9.17, 15) is 14.7 Å². The predicted molar refractivity (Wildman–Crippen MR) is 120 cm³/mol. The molecule has 3 N–H and O–H groups in total. The average molecular weight is 418 g/mol. The summed E-state index contributed by atoms with van der Waals surface area (Å²) in [6.45, 7) is 0. The first-order valence-electron chi connectivity index (χ1n) is 9.40. The number of aliphatic carboxylic acids is 1. The Bertz CT molecular complexity index is 1090. The molecule has 0 heterocycles. The van der Waals surface area contributed by atoms with Crippen molar-refractivity contribution in [2.75, 3.05) is 24.9 Å². The van der Waals surface area contributed by atoms with Crippen LogP contribution in [0.4, 0.5) is 16.2 Å². The molecule has 0 spiro atoms. The van der Waals surface area contributed by atoms with Gasteiger partial charge in [-0.1, -0.05) is 36.4 Å². The zero-order valence-electron chi connectivity index (χ0n) is 17.1. The van der Waals surface area contributed by atoms with Crippen molar-refractivity contribution in [2.45, 2.75) is 0 Å². The number of methoxy groups -OCH3 is 2. The van der Waals surface area contributed by atoms with Crippen molar-refractivity contribution in [1.29, 1.82) is 0 Å². The molecule has 3 aromatic carbocycles. The number of carbonyl (C=O) groups is 2. The Hall–Kier alpha value is -4.26. The van der Waals surface area contributed by atoms with Gasteiger partial charge in [0.05, 0.1) is 14.2 Å². The van der Waals surface area contributed by atoms with Gasteiger partial charge in [-0.05, 0) is 53.1 Å². The molecule has 0 radical (unpaired) electrons. The van der Waals surface area contributed by atoms with Crippen LogP contribution in [0, 0.1) is 0 Å². The van der Waals surface area contributed by atoms with Crippen molar-refractivity contribution >= 4 is 28.9 Å². The highest BCUT2D eigenvalue weighted by molar-refractivity contribution is 6.00. The lowest BCUT2D eigenvalue weighted by Crippen LogP contribution is -2.19. The fraction of sp³-hybridized carbons (Fsp3) is 0.0833. The Balaban J connectivity index is 1.82. The van der Waals surface area contributed by atoms with Crippen molar-refractivity contribution in [3.63, 3.8) is 0 Å². The summed E-state index contributed by atoms with van der Waals surface area (Å²) in [5.41, 5.74) is 3.07. The van der Waals surface area contributed by atoms with E-state index in [1.165, 1.54) is 14.2 Å². The number of carboxylic acids is 1. The number of anilines is 2. The van der Waals surface area contributed by atoms with Crippen molar-refractivity contribution in [1.82, 2.24) is 0 Å². The number of nitrogens with one attached hydrogen (secondary N) is 2. The van der Waals surface area contributed by atoms with Gasteiger partial charge in [-0.25, -0.2) is 9.59 Å². The van der Waals surface area contributed by atoms with E-state index in [0.29, 0.717) is 39.6 Å². The molecule has 0 bridgehead atoms. The highest BCUT2D eigenvalue weighted by Gasteiger charge is 2.12. The molecule has 0 fully saturated rings. The predicted octanol–water partition coefficient (Wildman–Crippen LogP) is 4.86. The second-order valence-electron chi connectivity index (χ2n) is 6.49. The number of carboxylic acid groups (broad SMARTS) is 1. The number of benzene rings is 3. The third-order valence-corrected chi connectivity index (χ3v) is 4.45. The number of hydrogen-bond donors (Lipinski definition) is 3. The maximum atomic E-state index is 12.2. The molecule has 0 aliphatic carbocycles. The number of ether oxygens (including phenoxy) is 2. The lowest BCUT2D eigenvalue weighted by atomic mass is 9.97. The van der Waals surface area contributed by atoms with Crippen molar-refractivity contribution in [3.05, 3.63) is 90.0 Å². The Morgan fingerprint density at radius 1 is 0.774 bits per heavy atom. The molecule has 7 nitrogen and oxygen atoms in total. The molecule has 0 atom stereocenters. The van der Waals surface area contributed by atoms with E-state index >= 15 is 0 Å². The Morgan fingerprint density at radius 3 is 1.94 bits per heavy atom. The molecule has 0 aromatic heterocycles. The first-order chi connectivity index (χ1) is 15.0. The van der Waals surface area contributed by atoms with E-state index in [1.807, 2.05) is 18.2 Å². The van der Waals surface area contributed by atoms with Gasteiger partial charge in [-0.3, -0.25) is 0 Å². The molecular formula is C24H22N2O5. The van der Waals surface area contributed by atoms with Gasteiger partial charge in [0.2, 0.25) is 0 Å². The van der Waals surface area contributed by atoms with E-state index in [1.54, 1.807) is 54.6 Å². The fourth-order valence-corrected chi connectivity index (χ4v) is 3.01. The Kier molecular flexibility index (Phi) is 6.90. The maximum absolute atomic E-state index is 12.2. The number of hydrogen-bond acceptors (Lipinski definition) is 4. The SMILES string of the molecule is COc1ccc(/C(=C/C(=O)O)c2ccc(NC(=O)Nc3ccccc3)cc2)cc1OC. The van der Waals surface area contributed by atoms with Crippen LogP contribution in [-0.2, 0) is 4.79 Å². The van der Waals surface area contributed by atoms with E-state index in [2.05, 4.69) is 10.6 Å². The van der Waals surface area contributed by atoms with Crippen molar-refractivity contribution in [2.24, 2.45) is 0 Å². The van der Waals surface area contributed by atoms with Crippen LogP contribution < -0.4 is 20.1 Å². The second-order valence-corrected chi connectivity index (χ2v) is 6.49. The average Bonchev–Trinajstić information content (AvgIpc) is 2.78. The molecule has 0 unspecified atom stereocenters. The minimum Gasteiger partial charge on any atom is -0.493 e. The van der Waals surface area contributed by atoms with E-state index < -0.39 is 5.97 Å². The smallest absolute Gasteiger partial charge is 0.328 e. The van der Waals surface area contributed by atoms with Crippen LogP contribution >= 0.6 is 0 Å².